The van der Waals surface area contributed by atoms with E-state index in [0.717, 1.165) is 27.2 Å². The van der Waals surface area contributed by atoms with Gasteiger partial charge in [0.25, 0.3) is 17.8 Å². The highest BCUT2D eigenvalue weighted by molar-refractivity contribution is 9.11. The minimum atomic E-state index is -2.52. The first-order valence-corrected chi connectivity index (χ1v) is 25.1. The van der Waals surface area contributed by atoms with Crippen LogP contribution in [0.1, 0.15) is 28.7 Å². The molecule has 398 valence electrons. The Labute approximate surface area is 441 Å². The largest absolute Gasteiger partial charge is 0.491 e. The molecule has 2 amide bonds. The second kappa shape index (κ2) is 23.0. The van der Waals surface area contributed by atoms with Crippen molar-refractivity contribution in [1.29, 1.82) is 0 Å². The zero-order valence-electron chi connectivity index (χ0n) is 38.0. The highest BCUT2D eigenvalue weighted by Gasteiger charge is 2.73. The molecule has 6 aromatic heterocycles. The van der Waals surface area contributed by atoms with Crippen LogP contribution in [0.4, 0.5) is 61.6 Å². The number of fused-ring (bicyclic) bond motifs is 3. The van der Waals surface area contributed by atoms with Gasteiger partial charge in [-0.2, -0.15) is 0 Å². The molecule has 6 aliphatic rings. The first-order valence-electron chi connectivity index (χ1n) is 21.7. The number of carbonyl (C=O) groups is 2. The summed E-state index contributed by atoms with van der Waals surface area (Å²) in [6, 6.07) is 0. The summed E-state index contributed by atoms with van der Waals surface area (Å²) < 4.78 is 79.4. The van der Waals surface area contributed by atoms with Crippen LogP contribution in [0.25, 0.3) is 21.1 Å². The van der Waals surface area contributed by atoms with Gasteiger partial charge in [-0.05, 0) is 15.9 Å². The third kappa shape index (κ3) is 12.7. The molecule has 0 radical (unpaired) electrons. The van der Waals surface area contributed by atoms with E-state index in [-0.39, 0.29) is 45.2 Å². The van der Waals surface area contributed by atoms with Crippen molar-refractivity contribution in [3.8, 4) is 21.1 Å². The van der Waals surface area contributed by atoms with Crippen molar-refractivity contribution in [2.24, 2.45) is 35.5 Å². The van der Waals surface area contributed by atoms with Crippen LogP contribution in [0.5, 0.6) is 0 Å². The Kier molecular flexibility index (Phi) is 17.9. The molecule has 7 N–H and O–H groups in total. The molecule has 9 heterocycles. The van der Waals surface area contributed by atoms with E-state index < -0.39 is 60.4 Å². The number of halogens is 7. The lowest BCUT2D eigenvalue weighted by atomic mass is 9.83. The van der Waals surface area contributed by atoms with Crippen LogP contribution in [0.3, 0.4) is 0 Å². The summed E-state index contributed by atoms with van der Waals surface area (Å²) in [5, 5.41) is 36.6. The zero-order chi connectivity index (χ0) is 51.9. The molecule has 3 saturated heterocycles. The van der Waals surface area contributed by atoms with Crippen molar-refractivity contribution in [2.45, 2.75) is 46.5 Å². The number of nitrogens with zero attached hydrogens (tertiary/aromatic N) is 12. The van der Waals surface area contributed by atoms with Crippen LogP contribution in [0.2, 0.25) is 0 Å². The number of aliphatic hydroxyl groups is 1. The summed E-state index contributed by atoms with van der Waals surface area (Å²) >= 11 is 7.41. The van der Waals surface area contributed by atoms with Crippen LogP contribution in [-0.2, 0) is 9.59 Å². The fourth-order valence-corrected chi connectivity index (χ4v) is 10.7. The van der Waals surface area contributed by atoms with E-state index in [1.54, 1.807) is 50.7 Å². The lowest BCUT2D eigenvalue weighted by Crippen LogP contribution is -2.33. The monoisotopic (exact) mass is 1160 g/mol. The maximum absolute atomic E-state index is 13.2. The van der Waals surface area contributed by atoms with Gasteiger partial charge < -0.3 is 46.2 Å². The average molecular weight is 1160 g/mol. The Balaban J connectivity index is 0.000000162. The molecule has 31 heteroatoms. The summed E-state index contributed by atoms with van der Waals surface area (Å²) in [5.74, 6) is -8.19. The van der Waals surface area contributed by atoms with Crippen molar-refractivity contribution in [3.63, 3.8) is 0 Å². The van der Waals surface area contributed by atoms with E-state index in [2.05, 4.69) is 71.4 Å². The molecular weight excluding hydrogens is 1110 g/mol. The van der Waals surface area contributed by atoms with Crippen LogP contribution >= 0.6 is 49.9 Å². The van der Waals surface area contributed by atoms with Gasteiger partial charge in [0.05, 0.1) is 35.5 Å². The smallest absolute Gasteiger partial charge is 0.423 e. The quantitative estimate of drug-likeness (QED) is 0.0783. The fraction of sp³-hybridized carbons (Fsp3) is 0.465. The number of nitrogen functional groups attached to an aromatic ring is 1. The number of aliphatic hydroxyl groups excluding tert-OH is 1. The Hall–Kier alpha value is -5.73. The van der Waals surface area contributed by atoms with Crippen LogP contribution in [0.15, 0.2) is 57.2 Å². The van der Waals surface area contributed by atoms with E-state index in [0.29, 0.717) is 66.5 Å². The zero-order valence-corrected chi connectivity index (χ0v) is 42.0. The van der Waals surface area contributed by atoms with Gasteiger partial charge in [-0.15, -0.1) is 34.0 Å². The summed E-state index contributed by atoms with van der Waals surface area (Å²) in [7, 11) is -0.611. The van der Waals surface area contributed by atoms with Crippen molar-refractivity contribution >= 4 is 110 Å². The molecule has 74 heavy (non-hydrogen) atoms. The molecule has 3 aliphatic carbocycles. The van der Waals surface area contributed by atoms with Gasteiger partial charge in [0.2, 0.25) is 29.7 Å². The third-order valence-corrected chi connectivity index (χ3v) is 15.5. The number of aromatic nitrogens is 9. The standard InChI is InChI=1S/C14H13F2N5OS.C12H11F2N5S.C9H10BF2N3O2.C5H5BrN2OS.CH4O.2CH4/c1-7(22)19-11-6-23-12(20-11)8-2-17-13(18-3-8)21-4-9-10(5-21)14(9,15)16;13-12(14)7-3-19(4-8(7)12)11-16-1-6(2-17-11)10-18-9(15)5-20-10;11-9(12)6-3-15(4-7(6)9)8-13-1-5(2-14-8)10(16)17;1-3(9)7-4-2-10-5(6)8-4;1-2;;/h2-3,6,9-10H,4-5H2,1H3,(H,19,22);1-2,5,7-8H,3-4,15H2;1-2,6-7,16-17H,3-4H2;2H,1H3,(H,7,9);2H,1H3;2*1H4. The number of hydrogen-bond acceptors (Lipinski definition) is 21. The molecule has 3 aliphatic heterocycles. The van der Waals surface area contributed by atoms with Crippen molar-refractivity contribution in [2.75, 3.05) is 77.4 Å². The van der Waals surface area contributed by atoms with Crippen LogP contribution < -0.4 is 36.5 Å². The molecule has 3 saturated carbocycles. The number of alkyl halides is 6. The van der Waals surface area contributed by atoms with E-state index >= 15 is 0 Å². The number of nitrogens with two attached hydrogens (primary N) is 1. The maximum atomic E-state index is 13.2. The molecule has 6 atom stereocenters. The Morgan fingerprint density at radius 2 is 0.919 bits per heavy atom. The first-order chi connectivity index (χ1) is 34.2. The van der Waals surface area contributed by atoms with E-state index in [9.17, 15) is 35.9 Å². The second-order valence-corrected chi connectivity index (χ2v) is 20.9. The minimum absolute atomic E-state index is 0. The molecule has 20 nitrogen and oxygen atoms in total. The number of rotatable bonds is 8. The van der Waals surface area contributed by atoms with E-state index in [4.69, 9.17) is 20.9 Å². The number of amides is 2. The number of hydrogen-bond donors (Lipinski definition) is 6. The first kappa shape index (κ1) is 57.6. The summed E-state index contributed by atoms with van der Waals surface area (Å²) in [6.07, 6.45) is 9.14. The Morgan fingerprint density at radius 1 is 0.595 bits per heavy atom. The van der Waals surface area contributed by atoms with E-state index in [1.165, 1.54) is 60.3 Å². The fourth-order valence-electron chi connectivity index (χ4n) is 8.38. The van der Waals surface area contributed by atoms with E-state index in [1.807, 2.05) is 4.90 Å². The minimum Gasteiger partial charge on any atom is -0.423 e. The van der Waals surface area contributed by atoms with Crippen molar-refractivity contribution in [3.05, 3.63) is 57.2 Å². The molecule has 0 spiro atoms. The van der Waals surface area contributed by atoms with Gasteiger partial charge in [-0.1, -0.05) is 14.9 Å². The molecule has 6 fully saturated rings. The molecular formula is C43H51BBrF6N15O5S3. The molecule has 12 rings (SSSR count). The molecule has 6 aromatic rings. The second-order valence-electron chi connectivity index (χ2n) is 17.1. The van der Waals surface area contributed by atoms with Gasteiger partial charge in [0.1, 0.15) is 27.5 Å². The third-order valence-electron chi connectivity index (χ3n) is 12.3. The molecule has 6 unspecified atom stereocenters. The number of thiazole rings is 3. The highest BCUT2D eigenvalue weighted by Crippen LogP contribution is 2.61. The van der Waals surface area contributed by atoms with Crippen molar-refractivity contribution in [1.82, 2.24) is 44.9 Å². The normalized spacial score (nSPS) is 22.8. The molecule has 0 bridgehead atoms. The predicted octanol–water partition coefficient (Wildman–Crippen LogP) is 5.75. The van der Waals surface area contributed by atoms with Gasteiger partial charge in [0.15, 0.2) is 3.92 Å². The number of nitrogens with one attached hydrogen (secondary N) is 2. The summed E-state index contributed by atoms with van der Waals surface area (Å²) in [6.45, 7) is 4.68. The van der Waals surface area contributed by atoms with Crippen molar-refractivity contribution < 1.29 is 51.1 Å². The highest BCUT2D eigenvalue weighted by atomic mass is 79.9. The predicted molar refractivity (Wildman–Crippen MR) is 275 cm³/mol. The summed E-state index contributed by atoms with van der Waals surface area (Å²) in [4.78, 5) is 64.0. The average Bonchev–Trinajstić information content (AvgIpc) is 3.99. The Bertz CT molecular complexity index is 2820. The van der Waals surface area contributed by atoms with Crippen LogP contribution in [-0.4, -0.2) is 143 Å². The SMILES string of the molecule is C.C.CC(=O)Nc1csc(-c2cnc(N3CC4C(C3)C4(F)F)nc2)n1.CC(=O)Nc1csc(Br)n1.CO.Nc1csc(-c2cnc(N3CC4C(C3)C4(F)F)nc2)n1.OB(O)c1cnc(N2CC3C(C2)C3(F)F)nc1. The topological polar surface area (TPSA) is 271 Å². The van der Waals surface area contributed by atoms with Gasteiger partial charge in [0, 0.05) is 130 Å². The number of piperidine rings is 3. The number of carbonyl (C=O) groups excluding carboxylic acids is 2. The molecule has 0 aromatic carbocycles. The lowest BCUT2D eigenvalue weighted by molar-refractivity contribution is -0.115. The lowest BCUT2D eigenvalue weighted by Gasteiger charge is -2.19. The Morgan fingerprint density at radius 3 is 1.23 bits per heavy atom. The van der Waals surface area contributed by atoms with Gasteiger partial charge in [-0.25, -0.2) is 71.2 Å². The van der Waals surface area contributed by atoms with Gasteiger partial charge >= 0.3 is 7.12 Å². The maximum Gasteiger partial charge on any atom is 0.491 e. The van der Waals surface area contributed by atoms with Gasteiger partial charge in [-0.3, -0.25) is 9.59 Å². The number of anilines is 6. The summed E-state index contributed by atoms with van der Waals surface area (Å²) in [5.41, 5.74) is 7.26. The van der Waals surface area contributed by atoms with Crippen LogP contribution in [0, 0.1) is 35.5 Å².